The number of fused-ring (bicyclic) bond motifs is 1. The molecular weight excluding hydrogens is 405 g/mol. The summed E-state index contributed by atoms with van der Waals surface area (Å²) in [5, 5.41) is 8.79. The Balaban J connectivity index is 1.36. The van der Waals surface area contributed by atoms with Crippen molar-refractivity contribution in [1.82, 2.24) is 4.90 Å². The van der Waals surface area contributed by atoms with Crippen LogP contribution in [-0.4, -0.2) is 35.7 Å². The molecule has 166 valence electrons. The van der Waals surface area contributed by atoms with Crippen LogP contribution in [0.4, 0.5) is 4.39 Å². The van der Waals surface area contributed by atoms with E-state index in [4.69, 9.17) is 9.84 Å². The van der Waals surface area contributed by atoms with Gasteiger partial charge in [0.2, 0.25) is 0 Å². The normalized spacial score (nSPS) is 15.8. The molecule has 0 fully saturated rings. The summed E-state index contributed by atoms with van der Waals surface area (Å²) in [6.45, 7) is 2.44. The smallest absolute Gasteiger partial charge is 0.303 e. The van der Waals surface area contributed by atoms with Crippen molar-refractivity contribution in [1.29, 1.82) is 0 Å². The lowest BCUT2D eigenvalue weighted by molar-refractivity contribution is -0.136. The molecule has 0 radical (unpaired) electrons. The van der Waals surface area contributed by atoms with Crippen molar-refractivity contribution in [2.24, 2.45) is 0 Å². The van der Waals surface area contributed by atoms with Gasteiger partial charge >= 0.3 is 5.97 Å². The molecule has 1 atom stereocenters. The summed E-state index contributed by atoms with van der Waals surface area (Å²) < 4.78 is 19.4. The Morgan fingerprint density at radius 3 is 2.53 bits per heavy atom. The highest BCUT2D eigenvalue weighted by Gasteiger charge is 2.28. The summed E-state index contributed by atoms with van der Waals surface area (Å²) >= 11 is 0. The number of carboxylic acids is 1. The topological polar surface area (TPSA) is 49.8 Å². The van der Waals surface area contributed by atoms with Crippen molar-refractivity contribution in [3.8, 4) is 5.75 Å². The van der Waals surface area contributed by atoms with Crippen LogP contribution in [0.5, 0.6) is 5.75 Å². The molecule has 5 heteroatoms. The maximum absolute atomic E-state index is 13.5. The highest BCUT2D eigenvalue weighted by atomic mass is 19.1. The van der Waals surface area contributed by atoms with E-state index in [0.717, 1.165) is 42.8 Å². The van der Waals surface area contributed by atoms with Gasteiger partial charge in [0.25, 0.3) is 0 Å². The molecule has 0 aromatic heterocycles. The van der Waals surface area contributed by atoms with Gasteiger partial charge in [-0.15, -0.1) is 0 Å². The molecule has 4 rings (SSSR count). The fraction of sp³-hybridized carbons (Fsp3) is 0.296. The zero-order chi connectivity index (χ0) is 22.3. The lowest BCUT2D eigenvalue weighted by Crippen LogP contribution is -2.37. The van der Waals surface area contributed by atoms with Crippen LogP contribution in [0.3, 0.4) is 0 Å². The first-order valence-electron chi connectivity index (χ1n) is 11.1. The summed E-state index contributed by atoms with van der Waals surface area (Å²) in [7, 11) is 0. The highest BCUT2D eigenvalue weighted by molar-refractivity contribution is 5.67. The standard InChI is InChI=1S/C27H28FNO3/c28-23-11-9-22(10-12-23)27-25-5-2-1-4-21(25)16-18-29(27)17-3-19-32-24-13-6-20(7-14-24)8-15-26(30)31/h1-2,4-7,9-14,27H,3,8,15-19H2,(H,30,31). The van der Waals surface area contributed by atoms with Crippen molar-refractivity contribution >= 4 is 5.97 Å². The van der Waals surface area contributed by atoms with Crippen molar-refractivity contribution in [2.45, 2.75) is 31.7 Å². The Labute approximate surface area is 188 Å². The second-order valence-electron chi connectivity index (χ2n) is 8.18. The van der Waals surface area contributed by atoms with Gasteiger partial charge in [0, 0.05) is 19.5 Å². The molecule has 0 saturated heterocycles. The fourth-order valence-electron chi connectivity index (χ4n) is 4.36. The number of aliphatic carboxylic acids is 1. The first kappa shape index (κ1) is 22.0. The Morgan fingerprint density at radius 1 is 1.03 bits per heavy atom. The molecule has 0 saturated carbocycles. The lowest BCUT2D eigenvalue weighted by Gasteiger charge is -2.37. The van der Waals surface area contributed by atoms with Crippen molar-refractivity contribution < 1.29 is 19.0 Å². The molecule has 32 heavy (non-hydrogen) atoms. The van der Waals surface area contributed by atoms with Gasteiger partial charge in [-0.2, -0.15) is 0 Å². The van der Waals surface area contributed by atoms with Gasteiger partial charge in [-0.05, 0) is 65.8 Å². The monoisotopic (exact) mass is 433 g/mol. The minimum Gasteiger partial charge on any atom is -0.494 e. The largest absolute Gasteiger partial charge is 0.494 e. The average Bonchev–Trinajstić information content (AvgIpc) is 2.81. The van der Waals surface area contributed by atoms with Gasteiger partial charge in [-0.3, -0.25) is 9.69 Å². The molecule has 3 aromatic rings. The van der Waals surface area contributed by atoms with E-state index in [1.807, 2.05) is 36.4 Å². The molecule has 1 heterocycles. The van der Waals surface area contributed by atoms with Gasteiger partial charge in [-0.25, -0.2) is 4.39 Å². The van der Waals surface area contributed by atoms with E-state index in [1.165, 1.54) is 23.3 Å². The first-order chi connectivity index (χ1) is 15.6. The number of ether oxygens (including phenoxy) is 1. The Morgan fingerprint density at radius 2 is 1.78 bits per heavy atom. The third-order valence-corrected chi connectivity index (χ3v) is 5.98. The highest BCUT2D eigenvalue weighted by Crippen LogP contribution is 2.35. The van der Waals surface area contributed by atoms with Crippen LogP contribution in [-0.2, 0) is 17.6 Å². The molecule has 1 unspecified atom stereocenters. The number of rotatable bonds is 9. The van der Waals surface area contributed by atoms with E-state index in [-0.39, 0.29) is 18.3 Å². The van der Waals surface area contributed by atoms with Crippen LogP contribution >= 0.6 is 0 Å². The molecule has 3 aromatic carbocycles. The van der Waals surface area contributed by atoms with Crippen LogP contribution in [0.15, 0.2) is 72.8 Å². The van der Waals surface area contributed by atoms with E-state index in [0.29, 0.717) is 13.0 Å². The number of halogens is 1. The molecular formula is C27H28FNO3. The lowest BCUT2D eigenvalue weighted by atomic mass is 9.88. The van der Waals surface area contributed by atoms with Crippen molar-refractivity contribution in [3.05, 3.63) is 101 Å². The number of nitrogens with zero attached hydrogens (tertiary/aromatic N) is 1. The molecule has 0 spiro atoms. The first-order valence-corrected chi connectivity index (χ1v) is 11.1. The second kappa shape index (κ2) is 10.4. The van der Waals surface area contributed by atoms with Gasteiger partial charge in [0.1, 0.15) is 11.6 Å². The summed E-state index contributed by atoms with van der Waals surface area (Å²) in [5.74, 6) is -0.209. The maximum atomic E-state index is 13.5. The molecule has 1 aliphatic rings. The molecule has 1 aliphatic heterocycles. The van der Waals surface area contributed by atoms with Crippen LogP contribution in [0, 0.1) is 5.82 Å². The third-order valence-electron chi connectivity index (χ3n) is 5.98. The van der Waals surface area contributed by atoms with E-state index in [2.05, 4.69) is 29.2 Å². The average molecular weight is 434 g/mol. The summed E-state index contributed by atoms with van der Waals surface area (Å²) in [6.07, 6.45) is 2.54. The second-order valence-corrected chi connectivity index (χ2v) is 8.18. The minimum atomic E-state index is -0.787. The Hall–Kier alpha value is -3.18. The van der Waals surface area contributed by atoms with Gasteiger partial charge < -0.3 is 9.84 Å². The van der Waals surface area contributed by atoms with Crippen molar-refractivity contribution in [2.75, 3.05) is 19.7 Å². The van der Waals surface area contributed by atoms with E-state index in [9.17, 15) is 9.18 Å². The Bertz CT molecular complexity index is 1030. The maximum Gasteiger partial charge on any atom is 0.303 e. The van der Waals surface area contributed by atoms with Crippen LogP contribution < -0.4 is 4.74 Å². The van der Waals surface area contributed by atoms with Gasteiger partial charge in [-0.1, -0.05) is 48.5 Å². The van der Waals surface area contributed by atoms with Gasteiger partial charge in [0.05, 0.1) is 12.6 Å². The summed E-state index contributed by atoms with van der Waals surface area (Å²) in [5.41, 5.74) is 4.76. The van der Waals surface area contributed by atoms with Crippen LogP contribution in [0.25, 0.3) is 0 Å². The van der Waals surface area contributed by atoms with E-state index < -0.39 is 5.97 Å². The number of hydrogen-bond donors (Lipinski definition) is 1. The van der Waals surface area contributed by atoms with Crippen LogP contribution in [0.2, 0.25) is 0 Å². The molecule has 0 bridgehead atoms. The molecule has 0 amide bonds. The van der Waals surface area contributed by atoms with Crippen LogP contribution in [0.1, 0.15) is 41.1 Å². The van der Waals surface area contributed by atoms with E-state index in [1.54, 1.807) is 0 Å². The summed E-state index contributed by atoms with van der Waals surface area (Å²) in [6, 6.07) is 23.1. The van der Waals surface area contributed by atoms with Crippen molar-refractivity contribution in [3.63, 3.8) is 0 Å². The number of carbonyl (C=O) groups is 1. The zero-order valence-corrected chi connectivity index (χ0v) is 18.0. The number of carboxylic acid groups (broad SMARTS) is 1. The molecule has 4 nitrogen and oxygen atoms in total. The summed E-state index contributed by atoms with van der Waals surface area (Å²) in [4.78, 5) is 13.1. The number of benzene rings is 3. The van der Waals surface area contributed by atoms with E-state index >= 15 is 0 Å². The fourth-order valence-corrected chi connectivity index (χ4v) is 4.36. The molecule has 0 aliphatic carbocycles. The number of aryl methyl sites for hydroxylation is 1. The quantitative estimate of drug-likeness (QED) is 0.468. The predicted octanol–water partition coefficient (Wildman–Crippen LogP) is 5.26. The third kappa shape index (κ3) is 5.54. The predicted molar refractivity (Wildman–Crippen MR) is 122 cm³/mol. The zero-order valence-electron chi connectivity index (χ0n) is 18.0. The van der Waals surface area contributed by atoms with Gasteiger partial charge in [0.15, 0.2) is 0 Å². The Kier molecular flexibility index (Phi) is 7.17. The number of hydrogen-bond acceptors (Lipinski definition) is 3. The molecule has 1 N–H and O–H groups in total. The minimum absolute atomic E-state index is 0.120. The SMILES string of the molecule is O=C(O)CCc1ccc(OCCCN2CCc3ccccc3C2c2ccc(F)cc2)cc1.